The SMILES string of the molecule is CCC(CC)n1ncn(-c2ccc(N3CCN(c4ccc(OC[C@H]5CO[C@](Cn6cccn6)(c6ccccc6)O5)cc4)CC3)cc2)c1=O. The van der Waals surface area contributed by atoms with E-state index in [1.807, 2.05) is 71.5 Å². The first-order valence-corrected chi connectivity index (χ1v) is 16.9. The van der Waals surface area contributed by atoms with Crippen molar-refractivity contribution in [3.05, 3.63) is 120 Å². The fraction of sp³-hybridized carbons (Fsp3) is 0.378. The van der Waals surface area contributed by atoms with Crippen molar-refractivity contribution in [2.45, 2.75) is 51.2 Å². The van der Waals surface area contributed by atoms with Crippen LogP contribution in [0.15, 0.2) is 108 Å². The lowest BCUT2D eigenvalue weighted by molar-refractivity contribution is -0.190. The topological polar surface area (TPSA) is 91.8 Å². The Morgan fingerprint density at radius 3 is 2.10 bits per heavy atom. The molecule has 0 radical (unpaired) electrons. The molecule has 0 aliphatic carbocycles. The first kappa shape index (κ1) is 31.7. The number of anilines is 2. The van der Waals surface area contributed by atoms with Crippen LogP contribution in [0.25, 0.3) is 5.69 Å². The van der Waals surface area contributed by atoms with E-state index in [4.69, 9.17) is 14.2 Å². The Morgan fingerprint density at radius 2 is 1.48 bits per heavy atom. The molecule has 11 nitrogen and oxygen atoms in total. The zero-order valence-corrected chi connectivity index (χ0v) is 27.6. The molecule has 2 fully saturated rings. The molecule has 48 heavy (non-hydrogen) atoms. The van der Waals surface area contributed by atoms with Crippen LogP contribution in [0.5, 0.6) is 5.75 Å². The zero-order chi connectivity index (χ0) is 32.9. The van der Waals surface area contributed by atoms with E-state index in [0.717, 1.165) is 61.7 Å². The van der Waals surface area contributed by atoms with E-state index in [-0.39, 0.29) is 17.8 Å². The predicted molar refractivity (Wildman–Crippen MR) is 185 cm³/mol. The highest BCUT2D eigenvalue weighted by molar-refractivity contribution is 5.54. The van der Waals surface area contributed by atoms with Crippen LogP contribution < -0.4 is 20.2 Å². The van der Waals surface area contributed by atoms with Gasteiger partial charge in [0, 0.05) is 55.5 Å². The van der Waals surface area contributed by atoms with Gasteiger partial charge in [-0.3, -0.25) is 4.68 Å². The number of benzene rings is 3. The molecule has 2 atom stereocenters. The average molecular weight is 650 g/mol. The Bertz CT molecular complexity index is 1790. The van der Waals surface area contributed by atoms with E-state index in [0.29, 0.717) is 19.8 Å². The van der Waals surface area contributed by atoms with E-state index >= 15 is 0 Å². The first-order chi connectivity index (χ1) is 23.5. The summed E-state index contributed by atoms with van der Waals surface area (Å²) in [7, 11) is 0. The van der Waals surface area contributed by atoms with Gasteiger partial charge < -0.3 is 24.0 Å². The lowest BCUT2D eigenvalue weighted by atomic mass is 10.1. The van der Waals surface area contributed by atoms with Gasteiger partial charge in [-0.15, -0.1) is 0 Å². The lowest BCUT2D eigenvalue weighted by Gasteiger charge is -2.37. The van der Waals surface area contributed by atoms with Gasteiger partial charge in [0.2, 0.25) is 5.79 Å². The standard InChI is InChI=1S/C37H43N7O4/c1-3-30(4-2)44-36(45)43(28-39-44)33-13-11-31(12-14-33)40-21-23-41(24-22-40)32-15-17-34(18-16-32)46-25-35-26-47-37(48-35,27-42-20-8-19-38-42)29-9-6-5-7-10-29/h5-20,28,30,35H,3-4,21-27H2,1-2H3/t35-,37-/m0/s1. The Kier molecular flexibility index (Phi) is 9.31. The summed E-state index contributed by atoms with van der Waals surface area (Å²) in [6.07, 6.45) is 6.85. The Morgan fingerprint density at radius 1 is 0.833 bits per heavy atom. The van der Waals surface area contributed by atoms with Crippen LogP contribution in [0.2, 0.25) is 0 Å². The van der Waals surface area contributed by atoms with Gasteiger partial charge in [0.15, 0.2) is 0 Å². The third-order valence-corrected chi connectivity index (χ3v) is 9.39. The molecule has 2 aliphatic heterocycles. The van der Waals surface area contributed by atoms with E-state index in [1.165, 1.54) is 5.69 Å². The van der Waals surface area contributed by atoms with Crippen molar-refractivity contribution in [1.29, 1.82) is 0 Å². The lowest BCUT2D eigenvalue weighted by Crippen LogP contribution is -2.46. The summed E-state index contributed by atoms with van der Waals surface area (Å²) >= 11 is 0. The number of piperazine rings is 1. The minimum atomic E-state index is -0.911. The monoisotopic (exact) mass is 649 g/mol. The van der Waals surface area contributed by atoms with Gasteiger partial charge in [-0.2, -0.15) is 10.2 Å². The second-order valence-corrected chi connectivity index (χ2v) is 12.4. The molecule has 250 valence electrons. The van der Waals surface area contributed by atoms with E-state index < -0.39 is 5.79 Å². The van der Waals surface area contributed by atoms with Crippen LogP contribution in [0, 0.1) is 0 Å². The molecule has 0 amide bonds. The normalized spacial score (nSPS) is 19.7. The third kappa shape index (κ3) is 6.61. The minimum absolute atomic E-state index is 0.0890. The maximum atomic E-state index is 13.0. The Balaban J connectivity index is 0.912. The minimum Gasteiger partial charge on any atom is -0.491 e. The molecule has 0 unspecified atom stereocenters. The van der Waals surface area contributed by atoms with Crippen molar-refractivity contribution in [2.24, 2.45) is 0 Å². The molecule has 2 aliphatic rings. The summed E-state index contributed by atoms with van der Waals surface area (Å²) in [6, 6.07) is 28.5. The van der Waals surface area contributed by atoms with Gasteiger partial charge in [0.05, 0.1) is 24.9 Å². The van der Waals surface area contributed by atoms with Crippen LogP contribution >= 0.6 is 0 Å². The van der Waals surface area contributed by atoms with Crippen molar-refractivity contribution in [2.75, 3.05) is 49.2 Å². The maximum absolute atomic E-state index is 13.0. The molecule has 0 bridgehead atoms. The molecule has 5 aromatic rings. The molecule has 0 spiro atoms. The molecule has 3 aromatic carbocycles. The molecule has 2 saturated heterocycles. The number of hydrogen-bond donors (Lipinski definition) is 0. The van der Waals surface area contributed by atoms with Crippen LogP contribution in [-0.2, 0) is 21.8 Å². The molecule has 7 rings (SSSR count). The summed E-state index contributed by atoms with van der Waals surface area (Å²) in [6.45, 7) is 9.09. The van der Waals surface area contributed by atoms with Crippen molar-refractivity contribution < 1.29 is 14.2 Å². The van der Waals surface area contributed by atoms with Crippen molar-refractivity contribution in [1.82, 2.24) is 24.1 Å². The highest BCUT2D eigenvalue weighted by atomic mass is 16.8. The highest BCUT2D eigenvalue weighted by Crippen LogP contribution is 2.36. The van der Waals surface area contributed by atoms with Crippen molar-refractivity contribution in [3.63, 3.8) is 0 Å². The fourth-order valence-electron chi connectivity index (χ4n) is 6.64. The van der Waals surface area contributed by atoms with Gasteiger partial charge >= 0.3 is 5.69 Å². The second kappa shape index (κ2) is 14.1. The second-order valence-electron chi connectivity index (χ2n) is 12.4. The fourth-order valence-corrected chi connectivity index (χ4v) is 6.64. The van der Waals surface area contributed by atoms with Crippen LogP contribution in [-0.4, -0.2) is 69.6 Å². The van der Waals surface area contributed by atoms with Crippen LogP contribution in [0.3, 0.4) is 0 Å². The molecule has 0 N–H and O–H groups in total. The Labute approximate surface area is 280 Å². The van der Waals surface area contributed by atoms with E-state index in [2.05, 4.69) is 58.1 Å². The summed E-state index contributed by atoms with van der Waals surface area (Å²) in [4.78, 5) is 17.7. The van der Waals surface area contributed by atoms with Gasteiger partial charge in [0.25, 0.3) is 0 Å². The summed E-state index contributed by atoms with van der Waals surface area (Å²) in [5.41, 5.74) is 4.03. The molecule has 11 heteroatoms. The quantitative estimate of drug-likeness (QED) is 0.181. The summed E-state index contributed by atoms with van der Waals surface area (Å²) < 4.78 is 24.0. The van der Waals surface area contributed by atoms with Crippen molar-refractivity contribution in [3.8, 4) is 11.4 Å². The van der Waals surface area contributed by atoms with Crippen LogP contribution in [0.4, 0.5) is 11.4 Å². The smallest absolute Gasteiger partial charge is 0.350 e. The summed E-state index contributed by atoms with van der Waals surface area (Å²) in [5, 5.41) is 8.74. The van der Waals surface area contributed by atoms with Gasteiger partial charge in [0.1, 0.15) is 24.8 Å². The number of aromatic nitrogens is 5. The summed E-state index contributed by atoms with van der Waals surface area (Å²) in [5.74, 6) is -0.110. The largest absolute Gasteiger partial charge is 0.491 e. The number of nitrogens with zero attached hydrogens (tertiary/aromatic N) is 7. The molecular formula is C37H43N7O4. The number of rotatable bonds is 12. The molecular weight excluding hydrogens is 606 g/mol. The van der Waals surface area contributed by atoms with Gasteiger partial charge in [-0.25, -0.2) is 14.0 Å². The third-order valence-electron chi connectivity index (χ3n) is 9.39. The van der Waals surface area contributed by atoms with Crippen LogP contribution in [0.1, 0.15) is 38.3 Å². The first-order valence-electron chi connectivity index (χ1n) is 16.9. The van der Waals surface area contributed by atoms with E-state index in [1.54, 1.807) is 21.8 Å². The van der Waals surface area contributed by atoms with Gasteiger partial charge in [-0.05, 0) is 67.4 Å². The average Bonchev–Trinajstić information content (AvgIpc) is 3.90. The number of ether oxygens (including phenoxy) is 3. The van der Waals surface area contributed by atoms with Crippen molar-refractivity contribution >= 4 is 11.4 Å². The molecule has 2 aromatic heterocycles. The van der Waals surface area contributed by atoms with Gasteiger partial charge in [-0.1, -0.05) is 44.2 Å². The highest BCUT2D eigenvalue weighted by Gasteiger charge is 2.44. The molecule has 0 saturated carbocycles. The van der Waals surface area contributed by atoms with E-state index in [9.17, 15) is 4.79 Å². The predicted octanol–water partition coefficient (Wildman–Crippen LogP) is 5.27. The zero-order valence-electron chi connectivity index (χ0n) is 27.6. The number of hydrogen-bond acceptors (Lipinski definition) is 8. The molecule has 4 heterocycles. The maximum Gasteiger partial charge on any atom is 0.350 e. The Hall–Kier alpha value is -4.87.